The number of rotatable bonds is 4. The number of pyridine rings is 2. The van der Waals surface area contributed by atoms with Crippen molar-refractivity contribution in [3.05, 3.63) is 82.6 Å². The van der Waals surface area contributed by atoms with E-state index in [4.69, 9.17) is 0 Å². The van der Waals surface area contributed by atoms with Gasteiger partial charge in [-0.25, -0.2) is 4.79 Å². The molecule has 0 amide bonds. The second kappa shape index (κ2) is 6.61. The molecular weight excluding hydrogens is 292 g/mol. The Kier molecular flexibility index (Phi) is 4.19. The summed E-state index contributed by atoms with van der Waals surface area (Å²) in [7, 11) is 0. The van der Waals surface area contributed by atoms with Crippen LogP contribution in [0.2, 0.25) is 0 Å². The molecule has 3 heterocycles. The van der Waals surface area contributed by atoms with Crippen molar-refractivity contribution >= 4 is 12.4 Å². The van der Waals surface area contributed by atoms with E-state index in [2.05, 4.69) is 20.2 Å². The van der Waals surface area contributed by atoms with E-state index in [1.165, 1.54) is 9.35 Å². The van der Waals surface area contributed by atoms with Gasteiger partial charge in [0.1, 0.15) is 0 Å². The molecule has 0 aliphatic heterocycles. The monoisotopic (exact) mass is 306 g/mol. The van der Waals surface area contributed by atoms with Crippen LogP contribution in [-0.4, -0.2) is 31.7 Å². The number of nitrogens with zero attached hydrogens (tertiary/aromatic N) is 6. The molecule has 0 saturated heterocycles. The zero-order chi connectivity index (χ0) is 16.1. The fraction of sp³-hybridized carbons (Fsp3) is 0.0625. The van der Waals surface area contributed by atoms with Gasteiger partial charge in [-0.1, -0.05) is 12.1 Å². The molecule has 0 saturated carbocycles. The molecule has 0 spiro atoms. The van der Waals surface area contributed by atoms with Crippen molar-refractivity contribution in [2.24, 2.45) is 10.2 Å². The summed E-state index contributed by atoms with van der Waals surface area (Å²) in [5, 5.41) is 8.33. The van der Waals surface area contributed by atoms with Gasteiger partial charge in [-0.05, 0) is 19.1 Å². The van der Waals surface area contributed by atoms with E-state index in [9.17, 15) is 4.79 Å². The zero-order valence-corrected chi connectivity index (χ0v) is 12.4. The number of aryl methyl sites for hydroxylation is 1. The minimum Gasteiger partial charge on any atom is -0.264 e. The molecule has 0 aromatic carbocycles. The number of aromatic nitrogens is 4. The third-order valence-electron chi connectivity index (χ3n) is 3.04. The second-order valence-corrected chi connectivity index (χ2v) is 4.77. The van der Waals surface area contributed by atoms with Gasteiger partial charge in [0.05, 0.1) is 24.3 Å². The first-order chi connectivity index (χ1) is 11.2. The highest BCUT2D eigenvalue weighted by Crippen LogP contribution is 1.98. The summed E-state index contributed by atoms with van der Waals surface area (Å²) in [6, 6.07) is 7.32. The fourth-order valence-electron chi connectivity index (χ4n) is 1.92. The highest BCUT2D eigenvalue weighted by Gasteiger charge is 2.05. The van der Waals surface area contributed by atoms with E-state index in [1.54, 1.807) is 62.5 Å². The Morgan fingerprint density at radius 2 is 1.61 bits per heavy atom. The van der Waals surface area contributed by atoms with Gasteiger partial charge in [-0.15, -0.1) is 0 Å². The van der Waals surface area contributed by atoms with Crippen molar-refractivity contribution in [2.45, 2.75) is 6.92 Å². The maximum Gasteiger partial charge on any atom is 0.369 e. The topological polar surface area (TPSA) is 77.4 Å². The van der Waals surface area contributed by atoms with Gasteiger partial charge in [0.15, 0.2) is 0 Å². The van der Waals surface area contributed by atoms with Gasteiger partial charge < -0.3 is 0 Å². The summed E-state index contributed by atoms with van der Waals surface area (Å²) in [5.74, 6) is 0. The molecule has 0 atom stereocenters. The highest BCUT2D eigenvalue weighted by atomic mass is 16.2. The summed E-state index contributed by atoms with van der Waals surface area (Å²) in [6.07, 6.45) is 11.5. The molecule has 3 aromatic rings. The van der Waals surface area contributed by atoms with Crippen molar-refractivity contribution in [3.8, 4) is 0 Å². The summed E-state index contributed by atoms with van der Waals surface area (Å²) < 4.78 is 2.52. The molecule has 0 unspecified atom stereocenters. The first kappa shape index (κ1) is 14.6. The smallest absolute Gasteiger partial charge is 0.264 e. The molecule has 114 valence electrons. The second-order valence-electron chi connectivity index (χ2n) is 4.77. The van der Waals surface area contributed by atoms with Crippen LogP contribution in [0.25, 0.3) is 0 Å². The lowest BCUT2D eigenvalue weighted by molar-refractivity contribution is 0.740. The molecule has 0 radical (unpaired) electrons. The molecule has 0 N–H and O–H groups in total. The number of hydrogen-bond donors (Lipinski definition) is 0. The van der Waals surface area contributed by atoms with E-state index < -0.39 is 0 Å². The fourth-order valence-corrected chi connectivity index (χ4v) is 1.92. The Hall–Kier alpha value is -3.35. The van der Waals surface area contributed by atoms with Crippen LogP contribution in [-0.2, 0) is 0 Å². The van der Waals surface area contributed by atoms with Crippen LogP contribution in [0.5, 0.6) is 0 Å². The minimum absolute atomic E-state index is 0.345. The van der Waals surface area contributed by atoms with Crippen molar-refractivity contribution in [1.82, 2.24) is 19.3 Å². The third-order valence-corrected chi connectivity index (χ3v) is 3.04. The highest BCUT2D eigenvalue weighted by molar-refractivity contribution is 5.79. The van der Waals surface area contributed by atoms with E-state index in [0.29, 0.717) is 5.69 Å². The normalized spacial score (nSPS) is 11.5. The molecule has 7 heteroatoms. The Morgan fingerprint density at radius 1 is 1.00 bits per heavy atom. The molecule has 0 aliphatic rings. The third kappa shape index (κ3) is 3.46. The van der Waals surface area contributed by atoms with E-state index in [-0.39, 0.29) is 5.69 Å². The lowest BCUT2D eigenvalue weighted by Crippen LogP contribution is -2.20. The maximum absolute atomic E-state index is 12.3. The van der Waals surface area contributed by atoms with Crippen LogP contribution in [0.1, 0.15) is 16.8 Å². The summed E-state index contributed by atoms with van der Waals surface area (Å²) in [6.45, 7) is 1.79. The molecule has 23 heavy (non-hydrogen) atoms. The van der Waals surface area contributed by atoms with Crippen LogP contribution in [0.15, 0.2) is 70.2 Å². The van der Waals surface area contributed by atoms with Gasteiger partial charge in [0.2, 0.25) is 0 Å². The Morgan fingerprint density at radius 3 is 2.17 bits per heavy atom. The molecule has 0 aliphatic carbocycles. The average Bonchev–Trinajstić information content (AvgIpc) is 2.87. The molecule has 3 aromatic heterocycles. The van der Waals surface area contributed by atoms with Crippen LogP contribution in [0.4, 0.5) is 0 Å². The summed E-state index contributed by atoms with van der Waals surface area (Å²) in [5.41, 5.74) is 1.95. The lowest BCUT2D eigenvalue weighted by Gasteiger charge is -1.94. The predicted molar refractivity (Wildman–Crippen MR) is 87.9 cm³/mol. The summed E-state index contributed by atoms with van der Waals surface area (Å²) in [4.78, 5) is 20.3. The standard InChI is InChI=1S/C16H14N6O/c1-13-12-21(19-10-14-4-2-6-17-8-14)16(23)22(13)20-11-15-5-3-7-18-9-15/h2-12H,1H3. The SMILES string of the molecule is Cc1cn(N=Cc2cccnc2)c(=O)n1N=Cc1cccnc1. The summed E-state index contributed by atoms with van der Waals surface area (Å²) >= 11 is 0. The first-order valence-electron chi connectivity index (χ1n) is 6.94. The predicted octanol–water partition coefficient (Wildman–Crippen LogP) is 1.51. The van der Waals surface area contributed by atoms with Gasteiger partial charge in [0, 0.05) is 35.9 Å². The van der Waals surface area contributed by atoms with E-state index in [1.807, 2.05) is 12.1 Å². The van der Waals surface area contributed by atoms with Gasteiger partial charge in [-0.2, -0.15) is 19.6 Å². The van der Waals surface area contributed by atoms with E-state index >= 15 is 0 Å². The molecule has 7 nitrogen and oxygen atoms in total. The van der Waals surface area contributed by atoms with Crippen molar-refractivity contribution in [1.29, 1.82) is 0 Å². The molecule has 0 fully saturated rings. The largest absolute Gasteiger partial charge is 0.369 e. The molecule has 0 bridgehead atoms. The molecule has 3 rings (SSSR count). The van der Waals surface area contributed by atoms with Crippen molar-refractivity contribution < 1.29 is 0 Å². The lowest BCUT2D eigenvalue weighted by atomic mass is 10.3. The van der Waals surface area contributed by atoms with E-state index in [0.717, 1.165) is 11.1 Å². The van der Waals surface area contributed by atoms with Crippen LogP contribution >= 0.6 is 0 Å². The maximum atomic E-state index is 12.3. The van der Waals surface area contributed by atoms with Gasteiger partial charge >= 0.3 is 5.69 Å². The quantitative estimate of drug-likeness (QED) is 0.686. The average molecular weight is 306 g/mol. The molecular formula is C16H14N6O. The van der Waals surface area contributed by atoms with Crippen LogP contribution in [0.3, 0.4) is 0 Å². The van der Waals surface area contributed by atoms with Crippen molar-refractivity contribution in [3.63, 3.8) is 0 Å². The Bertz CT molecular complexity index is 893. The number of imidazole rings is 1. The number of hydrogen-bond acceptors (Lipinski definition) is 5. The van der Waals surface area contributed by atoms with Crippen molar-refractivity contribution in [2.75, 3.05) is 0 Å². The van der Waals surface area contributed by atoms with Gasteiger partial charge in [-0.3, -0.25) is 9.97 Å². The Labute approximate surface area is 132 Å². The zero-order valence-electron chi connectivity index (χ0n) is 12.4. The van der Waals surface area contributed by atoms with Gasteiger partial charge in [0.25, 0.3) is 0 Å². The first-order valence-corrected chi connectivity index (χ1v) is 6.94. The van der Waals surface area contributed by atoms with Crippen LogP contribution < -0.4 is 5.69 Å². The Balaban J connectivity index is 1.87. The minimum atomic E-state index is -0.345. The van der Waals surface area contributed by atoms with Crippen LogP contribution in [0, 0.1) is 6.92 Å².